The van der Waals surface area contributed by atoms with Crippen molar-refractivity contribution in [1.82, 2.24) is 0 Å². The Labute approximate surface area is 103 Å². The van der Waals surface area contributed by atoms with E-state index >= 15 is 0 Å². The molecular formula is C13H24O4. The average Bonchev–Trinajstić information content (AvgIpc) is 2.26. The van der Waals surface area contributed by atoms with Crippen molar-refractivity contribution in [1.29, 1.82) is 0 Å². The van der Waals surface area contributed by atoms with E-state index in [-0.39, 0.29) is 6.42 Å². The van der Waals surface area contributed by atoms with Crippen molar-refractivity contribution >= 4 is 11.9 Å². The lowest BCUT2D eigenvalue weighted by Crippen LogP contribution is -2.30. The summed E-state index contributed by atoms with van der Waals surface area (Å²) in [4.78, 5) is 21.7. The van der Waals surface area contributed by atoms with Crippen molar-refractivity contribution in [2.75, 3.05) is 0 Å². The fraction of sp³-hybridized carbons (Fsp3) is 0.846. The van der Waals surface area contributed by atoms with Crippen molar-refractivity contribution in [3.05, 3.63) is 0 Å². The van der Waals surface area contributed by atoms with Crippen LogP contribution in [0.5, 0.6) is 0 Å². The van der Waals surface area contributed by atoms with Gasteiger partial charge in [0.1, 0.15) is 0 Å². The van der Waals surface area contributed by atoms with Crippen LogP contribution in [0.25, 0.3) is 0 Å². The molecule has 100 valence electrons. The first kappa shape index (κ1) is 15.9. The molecule has 0 aromatic heterocycles. The van der Waals surface area contributed by atoms with Gasteiger partial charge in [0.05, 0.1) is 5.41 Å². The molecule has 0 aromatic rings. The Morgan fingerprint density at radius 2 is 1.65 bits per heavy atom. The molecule has 0 aromatic carbocycles. The first-order valence-electron chi connectivity index (χ1n) is 6.43. The molecule has 4 nitrogen and oxygen atoms in total. The number of hydrogen-bond acceptors (Lipinski definition) is 2. The van der Waals surface area contributed by atoms with Gasteiger partial charge in [-0.2, -0.15) is 0 Å². The van der Waals surface area contributed by atoms with Gasteiger partial charge in [0.15, 0.2) is 0 Å². The average molecular weight is 244 g/mol. The van der Waals surface area contributed by atoms with E-state index in [4.69, 9.17) is 5.11 Å². The number of aliphatic carboxylic acids is 2. The zero-order chi connectivity index (χ0) is 13.3. The van der Waals surface area contributed by atoms with Gasteiger partial charge in [0.25, 0.3) is 0 Å². The summed E-state index contributed by atoms with van der Waals surface area (Å²) in [6.07, 6.45) is 5.30. The maximum atomic E-state index is 11.3. The van der Waals surface area contributed by atoms with E-state index in [0.29, 0.717) is 25.7 Å². The minimum atomic E-state index is -0.779. The van der Waals surface area contributed by atoms with Crippen molar-refractivity contribution < 1.29 is 19.8 Å². The van der Waals surface area contributed by atoms with Crippen LogP contribution < -0.4 is 0 Å². The third kappa shape index (κ3) is 5.71. The Hall–Kier alpha value is -1.06. The summed E-state index contributed by atoms with van der Waals surface area (Å²) in [5, 5.41) is 17.8. The number of carbonyl (C=O) groups is 2. The fourth-order valence-electron chi connectivity index (χ4n) is 2.24. The maximum Gasteiger partial charge on any atom is 0.309 e. The van der Waals surface area contributed by atoms with E-state index in [1.165, 1.54) is 0 Å². The predicted octanol–water partition coefficient (Wildman–Crippen LogP) is 3.30. The van der Waals surface area contributed by atoms with E-state index in [1.54, 1.807) is 0 Å². The highest BCUT2D eigenvalue weighted by atomic mass is 16.4. The van der Waals surface area contributed by atoms with Crippen LogP contribution in [0, 0.1) is 5.41 Å². The Morgan fingerprint density at radius 1 is 1.00 bits per heavy atom. The van der Waals surface area contributed by atoms with E-state index in [0.717, 1.165) is 19.3 Å². The van der Waals surface area contributed by atoms with Crippen LogP contribution in [0.1, 0.15) is 65.2 Å². The van der Waals surface area contributed by atoms with E-state index in [9.17, 15) is 14.7 Å². The number of rotatable bonds is 10. The van der Waals surface area contributed by atoms with E-state index in [1.807, 2.05) is 13.8 Å². The van der Waals surface area contributed by atoms with Crippen LogP contribution in [0.15, 0.2) is 0 Å². The van der Waals surface area contributed by atoms with Crippen LogP contribution in [-0.2, 0) is 9.59 Å². The Morgan fingerprint density at radius 3 is 2.06 bits per heavy atom. The molecule has 0 saturated heterocycles. The molecule has 2 N–H and O–H groups in total. The zero-order valence-electron chi connectivity index (χ0n) is 10.9. The molecule has 0 fully saturated rings. The standard InChI is InChI=1S/C13H24O4/c1-3-9-13(4-2,12(16)17)10-7-5-6-8-11(14)15/h3-10H2,1-2H3,(H,14,15)(H,16,17). The second-order valence-electron chi connectivity index (χ2n) is 4.64. The summed E-state index contributed by atoms with van der Waals surface area (Å²) in [5.74, 6) is -1.49. The third-order valence-electron chi connectivity index (χ3n) is 3.40. The van der Waals surface area contributed by atoms with Gasteiger partial charge in [0, 0.05) is 6.42 Å². The SMILES string of the molecule is CCCC(CC)(CCCCCC(=O)O)C(=O)O. The van der Waals surface area contributed by atoms with Gasteiger partial charge in [-0.1, -0.05) is 33.1 Å². The Kier molecular flexibility index (Phi) is 7.59. The smallest absolute Gasteiger partial charge is 0.309 e. The molecule has 4 heteroatoms. The Balaban J connectivity index is 4.08. The van der Waals surface area contributed by atoms with Gasteiger partial charge in [-0.3, -0.25) is 9.59 Å². The highest BCUT2D eigenvalue weighted by molar-refractivity contribution is 5.74. The normalized spacial score (nSPS) is 14.2. The molecule has 0 heterocycles. The van der Waals surface area contributed by atoms with E-state index < -0.39 is 17.4 Å². The fourth-order valence-corrected chi connectivity index (χ4v) is 2.24. The molecule has 17 heavy (non-hydrogen) atoms. The van der Waals surface area contributed by atoms with Crippen LogP contribution in [0.4, 0.5) is 0 Å². The third-order valence-corrected chi connectivity index (χ3v) is 3.40. The molecular weight excluding hydrogens is 220 g/mol. The van der Waals surface area contributed by atoms with Crippen molar-refractivity contribution in [2.45, 2.75) is 65.2 Å². The summed E-state index contributed by atoms with van der Waals surface area (Å²) in [5.41, 5.74) is -0.599. The molecule has 0 amide bonds. The second-order valence-corrected chi connectivity index (χ2v) is 4.64. The molecule has 0 saturated carbocycles. The Bertz CT molecular complexity index is 250. The molecule has 0 aliphatic carbocycles. The summed E-state index contributed by atoms with van der Waals surface area (Å²) in [6, 6.07) is 0. The summed E-state index contributed by atoms with van der Waals surface area (Å²) >= 11 is 0. The van der Waals surface area contributed by atoms with Crippen LogP contribution in [0.3, 0.4) is 0 Å². The lowest BCUT2D eigenvalue weighted by molar-refractivity contribution is -0.150. The van der Waals surface area contributed by atoms with Crippen LogP contribution in [-0.4, -0.2) is 22.2 Å². The van der Waals surface area contributed by atoms with Gasteiger partial charge in [-0.25, -0.2) is 0 Å². The molecule has 0 bridgehead atoms. The molecule has 0 radical (unpaired) electrons. The highest BCUT2D eigenvalue weighted by Crippen LogP contribution is 2.34. The second kappa shape index (κ2) is 8.09. The lowest BCUT2D eigenvalue weighted by Gasteiger charge is -2.27. The molecule has 0 rings (SSSR count). The van der Waals surface area contributed by atoms with Crippen molar-refractivity contribution in [2.24, 2.45) is 5.41 Å². The van der Waals surface area contributed by atoms with E-state index in [2.05, 4.69) is 0 Å². The molecule has 0 aliphatic rings. The van der Waals surface area contributed by atoms with Crippen LogP contribution >= 0.6 is 0 Å². The minimum absolute atomic E-state index is 0.181. The van der Waals surface area contributed by atoms with Gasteiger partial charge in [-0.15, -0.1) is 0 Å². The molecule has 0 spiro atoms. The van der Waals surface area contributed by atoms with Crippen LogP contribution in [0.2, 0.25) is 0 Å². The predicted molar refractivity (Wildman–Crippen MR) is 66.0 cm³/mol. The van der Waals surface area contributed by atoms with Gasteiger partial charge < -0.3 is 10.2 Å². The zero-order valence-corrected chi connectivity index (χ0v) is 10.9. The molecule has 0 aliphatic heterocycles. The number of hydrogen-bond donors (Lipinski definition) is 2. The monoisotopic (exact) mass is 244 g/mol. The van der Waals surface area contributed by atoms with Gasteiger partial charge in [-0.05, 0) is 25.7 Å². The summed E-state index contributed by atoms with van der Waals surface area (Å²) in [6.45, 7) is 3.92. The number of carboxylic acids is 2. The first-order valence-corrected chi connectivity index (χ1v) is 6.43. The first-order chi connectivity index (χ1) is 7.98. The topological polar surface area (TPSA) is 74.6 Å². The number of carboxylic acid groups (broad SMARTS) is 2. The van der Waals surface area contributed by atoms with Crippen molar-refractivity contribution in [3.63, 3.8) is 0 Å². The van der Waals surface area contributed by atoms with Gasteiger partial charge in [0.2, 0.25) is 0 Å². The number of unbranched alkanes of at least 4 members (excludes halogenated alkanes) is 2. The molecule has 1 atom stereocenters. The van der Waals surface area contributed by atoms with Crippen molar-refractivity contribution in [3.8, 4) is 0 Å². The summed E-state index contributed by atoms with van der Waals surface area (Å²) < 4.78 is 0. The quantitative estimate of drug-likeness (QED) is 0.578. The highest BCUT2D eigenvalue weighted by Gasteiger charge is 2.34. The molecule has 1 unspecified atom stereocenters. The maximum absolute atomic E-state index is 11.3. The summed E-state index contributed by atoms with van der Waals surface area (Å²) in [7, 11) is 0. The largest absolute Gasteiger partial charge is 0.481 e. The lowest BCUT2D eigenvalue weighted by atomic mass is 9.76. The minimum Gasteiger partial charge on any atom is -0.481 e. The van der Waals surface area contributed by atoms with Gasteiger partial charge >= 0.3 is 11.9 Å².